The van der Waals surface area contributed by atoms with Gasteiger partial charge in [0.05, 0.1) is 36.7 Å². The number of sulfone groups is 1. The van der Waals surface area contributed by atoms with Crippen molar-refractivity contribution in [2.75, 3.05) is 25.7 Å². The molecule has 0 aromatic heterocycles. The van der Waals surface area contributed by atoms with Crippen molar-refractivity contribution >= 4 is 50.1 Å². The molecule has 1 atom stereocenters. The van der Waals surface area contributed by atoms with Crippen LogP contribution in [0.4, 0.5) is 0 Å². The largest absolute Gasteiger partial charge is 0.497 e. The maximum absolute atomic E-state index is 12.7. The highest BCUT2D eigenvalue weighted by atomic mass is 32.2. The second kappa shape index (κ2) is 6.97. The molecule has 9 heteroatoms. The van der Waals surface area contributed by atoms with Crippen LogP contribution in [-0.2, 0) is 14.6 Å². The van der Waals surface area contributed by atoms with Crippen LogP contribution in [0.15, 0.2) is 23.1 Å². The lowest BCUT2D eigenvalue weighted by Gasteiger charge is -2.20. The van der Waals surface area contributed by atoms with E-state index in [4.69, 9.17) is 21.7 Å². The molecule has 134 valence electrons. The van der Waals surface area contributed by atoms with E-state index < -0.39 is 9.84 Å². The number of methoxy groups -OCH3 is 2. The number of carbonyl (C=O) groups is 1. The van der Waals surface area contributed by atoms with Crippen LogP contribution in [0.5, 0.6) is 11.5 Å². The van der Waals surface area contributed by atoms with Gasteiger partial charge in [-0.2, -0.15) is 0 Å². The number of nitrogens with zero attached hydrogens (tertiary/aromatic N) is 1. The zero-order valence-electron chi connectivity index (χ0n) is 13.7. The molecule has 2 fully saturated rings. The van der Waals surface area contributed by atoms with Gasteiger partial charge in [-0.3, -0.25) is 9.69 Å². The second-order valence-corrected chi connectivity index (χ2v) is 9.62. The minimum absolute atomic E-state index is 0.0292. The van der Waals surface area contributed by atoms with Crippen molar-refractivity contribution in [3.63, 3.8) is 0 Å². The van der Waals surface area contributed by atoms with E-state index in [9.17, 15) is 13.2 Å². The molecule has 0 radical (unpaired) electrons. The van der Waals surface area contributed by atoms with Crippen LogP contribution in [0.1, 0.15) is 12.0 Å². The quantitative estimate of drug-likeness (QED) is 0.567. The van der Waals surface area contributed by atoms with Crippen molar-refractivity contribution in [3.8, 4) is 11.5 Å². The Morgan fingerprint density at radius 2 is 2.08 bits per heavy atom. The van der Waals surface area contributed by atoms with Crippen LogP contribution in [0.2, 0.25) is 0 Å². The maximum Gasteiger partial charge on any atom is 0.266 e. The summed E-state index contributed by atoms with van der Waals surface area (Å²) >= 11 is 6.48. The summed E-state index contributed by atoms with van der Waals surface area (Å²) in [7, 11) is 0.0165. The summed E-state index contributed by atoms with van der Waals surface area (Å²) in [6, 6.07) is 4.93. The molecule has 6 nitrogen and oxygen atoms in total. The maximum atomic E-state index is 12.7. The van der Waals surface area contributed by atoms with Crippen molar-refractivity contribution in [2.45, 2.75) is 12.5 Å². The summed E-state index contributed by atoms with van der Waals surface area (Å²) in [5.41, 5.74) is 0.725. The predicted octanol–water partition coefficient (Wildman–Crippen LogP) is 2.09. The number of thioether (sulfide) groups is 1. The SMILES string of the molecule is COc1ccc(/C=C2/SC(=S)N(C3CCS(=O)(=O)C3)C2=O)c(OC)c1. The first kappa shape index (κ1) is 18.2. The number of hydrogen-bond acceptors (Lipinski definition) is 7. The first-order valence-corrected chi connectivity index (χ1v) is 10.6. The van der Waals surface area contributed by atoms with Crippen LogP contribution in [-0.4, -0.2) is 55.3 Å². The fourth-order valence-electron chi connectivity index (χ4n) is 2.85. The number of ether oxygens (including phenoxy) is 2. The van der Waals surface area contributed by atoms with Gasteiger partial charge in [-0.1, -0.05) is 24.0 Å². The third-order valence-electron chi connectivity index (χ3n) is 4.12. The van der Waals surface area contributed by atoms with Gasteiger partial charge in [0.2, 0.25) is 0 Å². The standard InChI is InChI=1S/C16H17NO5S3/c1-21-12-4-3-10(13(8-12)22-2)7-14-15(18)17(16(23)24-14)11-5-6-25(19,20)9-11/h3-4,7-8,11H,5-6,9H2,1-2H3/b14-7+. The number of benzene rings is 1. The van der Waals surface area contributed by atoms with Gasteiger partial charge in [-0.05, 0) is 24.6 Å². The first-order chi connectivity index (χ1) is 11.8. The molecule has 1 unspecified atom stereocenters. The summed E-state index contributed by atoms with van der Waals surface area (Å²) in [5.74, 6) is 1.04. The van der Waals surface area contributed by atoms with E-state index in [0.29, 0.717) is 27.1 Å². The summed E-state index contributed by atoms with van der Waals surface area (Å²) in [6.07, 6.45) is 2.13. The highest BCUT2D eigenvalue weighted by molar-refractivity contribution is 8.26. The summed E-state index contributed by atoms with van der Waals surface area (Å²) in [5, 5.41) is 0. The minimum atomic E-state index is -3.09. The Balaban J connectivity index is 1.88. The molecule has 2 heterocycles. The van der Waals surface area contributed by atoms with Crippen LogP contribution in [0, 0.1) is 0 Å². The van der Waals surface area contributed by atoms with Crippen molar-refractivity contribution in [2.24, 2.45) is 0 Å². The third kappa shape index (κ3) is 3.68. The molecule has 2 aliphatic heterocycles. The van der Waals surface area contributed by atoms with Crippen molar-refractivity contribution in [3.05, 3.63) is 28.7 Å². The molecular formula is C16H17NO5S3. The fourth-order valence-corrected chi connectivity index (χ4v) is 5.94. The van der Waals surface area contributed by atoms with Crippen LogP contribution >= 0.6 is 24.0 Å². The van der Waals surface area contributed by atoms with Crippen LogP contribution in [0.25, 0.3) is 6.08 Å². The average Bonchev–Trinajstić information content (AvgIpc) is 3.06. The van der Waals surface area contributed by atoms with Gasteiger partial charge in [0.25, 0.3) is 5.91 Å². The van der Waals surface area contributed by atoms with E-state index in [1.165, 1.54) is 16.7 Å². The minimum Gasteiger partial charge on any atom is -0.497 e. The Morgan fingerprint density at radius 3 is 2.68 bits per heavy atom. The van der Waals surface area contributed by atoms with Gasteiger partial charge in [0.1, 0.15) is 15.8 Å². The van der Waals surface area contributed by atoms with Gasteiger partial charge >= 0.3 is 0 Å². The van der Waals surface area contributed by atoms with Crippen LogP contribution < -0.4 is 9.47 Å². The molecule has 2 aliphatic rings. The lowest BCUT2D eigenvalue weighted by Crippen LogP contribution is -2.39. The molecule has 3 rings (SSSR count). The number of carbonyl (C=O) groups excluding carboxylic acids is 1. The zero-order chi connectivity index (χ0) is 18.2. The van der Waals surface area contributed by atoms with E-state index in [1.807, 2.05) is 0 Å². The lowest BCUT2D eigenvalue weighted by atomic mass is 10.1. The van der Waals surface area contributed by atoms with Crippen molar-refractivity contribution in [1.82, 2.24) is 4.90 Å². The number of rotatable bonds is 4. The number of thiocarbonyl (C=S) groups is 1. The molecule has 1 amide bonds. The van der Waals surface area contributed by atoms with Gasteiger partial charge in [-0.25, -0.2) is 8.42 Å². The first-order valence-electron chi connectivity index (χ1n) is 7.54. The van der Waals surface area contributed by atoms with Crippen molar-refractivity contribution in [1.29, 1.82) is 0 Å². The van der Waals surface area contributed by atoms with Gasteiger partial charge in [0, 0.05) is 11.6 Å². The average molecular weight is 400 g/mol. The summed E-state index contributed by atoms with van der Waals surface area (Å²) in [4.78, 5) is 14.6. The molecule has 25 heavy (non-hydrogen) atoms. The zero-order valence-corrected chi connectivity index (χ0v) is 16.2. The molecule has 1 aromatic rings. The molecule has 0 aliphatic carbocycles. The molecule has 2 saturated heterocycles. The molecule has 1 aromatic carbocycles. The number of hydrogen-bond donors (Lipinski definition) is 0. The Bertz CT molecular complexity index is 863. The summed E-state index contributed by atoms with van der Waals surface area (Å²) < 4.78 is 34.3. The van der Waals surface area contributed by atoms with E-state index in [2.05, 4.69) is 0 Å². The lowest BCUT2D eigenvalue weighted by molar-refractivity contribution is -0.123. The summed E-state index contributed by atoms with van der Waals surface area (Å²) in [6.45, 7) is 0. The second-order valence-electron chi connectivity index (χ2n) is 5.72. The molecule has 0 bridgehead atoms. The van der Waals surface area contributed by atoms with E-state index in [0.717, 1.165) is 5.56 Å². The molecule has 0 spiro atoms. The molecular weight excluding hydrogens is 382 g/mol. The van der Waals surface area contributed by atoms with Gasteiger partial charge in [0.15, 0.2) is 9.84 Å². The Kier molecular flexibility index (Phi) is 5.08. The number of amides is 1. The Hall–Kier alpha value is -1.58. The highest BCUT2D eigenvalue weighted by Gasteiger charge is 2.42. The fraction of sp³-hybridized carbons (Fsp3) is 0.375. The van der Waals surface area contributed by atoms with Crippen LogP contribution in [0.3, 0.4) is 0 Å². The Morgan fingerprint density at radius 1 is 1.32 bits per heavy atom. The van der Waals surface area contributed by atoms with Gasteiger partial charge in [-0.15, -0.1) is 0 Å². The van der Waals surface area contributed by atoms with E-state index >= 15 is 0 Å². The monoisotopic (exact) mass is 399 g/mol. The molecule has 0 N–H and O–H groups in total. The van der Waals surface area contributed by atoms with Gasteiger partial charge < -0.3 is 9.47 Å². The topological polar surface area (TPSA) is 72.9 Å². The Labute approximate surface area is 156 Å². The van der Waals surface area contributed by atoms with Crippen molar-refractivity contribution < 1.29 is 22.7 Å². The molecule has 0 saturated carbocycles. The smallest absolute Gasteiger partial charge is 0.266 e. The van der Waals surface area contributed by atoms with E-state index in [-0.39, 0.29) is 23.5 Å². The highest BCUT2D eigenvalue weighted by Crippen LogP contribution is 2.37. The van der Waals surface area contributed by atoms with E-state index in [1.54, 1.807) is 38.5 Å². The third-order valence-corrected chi connectivity index (χ3v) is 7.21. The predicted molar refractivity (Wildman–Crippen MR) is 102 cm³/mol. The normalized spacial score (nSPS) is 24.2.